The SMILES string of the molecule is COC(=O)c1ccc(C(C#N)NC2CC2)cc1. The van der Waals surface area contributed by atoms with E-state index in [1.54, 1.807) is 24.3 Å². The zero-order valence-electron chi connectivity index (χ0n) is 9.64. The lowest BCUT2D eigenvalue weighted by atomic mass is 10.1. The van der Waals surface area contributed by atoms with Crippen molar-refractivity contribution in [3.8, 4) is 6.07 Å². The molecule has 4 heteroatoms. The summed E-state index contributed by atoms with van der Waals surface area (Å²) in [4.78, 5) is 11.2. The molecule has 1 aliphatic rings. The van der Waals surface area contributed by atoms with Crippen LogP contribution in [0, 0.1) is 11.3 Å². The maximum Gasteiger partial charge on any atom is 0.337 e. The number of ether oxygens (including phenoxy) is 1. The van der Waals surface area contributed by atoms with E-state index in [1.165, 1.54) is 7.11 Å². The fourth-order valence-electron chi connectivity index (χ4n) is 1.62. The molecule has 0 heterocycles. The molecule has 1 N–H and O–H groups in total. The van der Waals surface area contributed by atoms with Crippen molar-refractivity contribution in [3.63, 3.8) is 0 Å². The summed E-state index contributed by atoms with van der Waals surface area (Å²) < 4.78 is 4.62. The molecular weight excluding hydrogens is 216 g/mol. The van der Waals surface area contributed by atoms with Gasteiger partial charge in [-0.25, -0.2) is 4.79 Å². The summed E-state index contributed by atoms with van der Waals surface area (Å²) in [6.07, 6.45) is 2.27. The number of esters is 1. The van der Waals surface area contributed by atoms with Crippen molar-refractivity contribution in [2.24, 2.45) is 0 Å². The summed E-state index contributed by atoms with van der Waals surface area (Å²) in [6.45, 7) is 0. The van der Waals surface area contributed by atoms with Gasteiger partial charge in [0.2, 0.25) is 0 Å². The van der Waals surface area contributed by atoms with Crippen LogP contribution >= 0.6 is 0 Å². The lowest BCUT2D eigenvalue weighted by Crippen LogP contribution is -2.22. The molecule has 88 valence electrons. The Kier molecular flexibility index (Phi) is 3.40. The topological polar surface area (TPSA) is 62.1 Å². The minimum absolute atomic E-state index is 0.297. The molecule has 0 amide bonds. The third-order valence-electron chi connectivity index (χ3n) is 2.77. The summed E-state index contributed by atoms with van der Waals surface area (Å²) in [5, 5.41) is 12.3. The first-order valence-corrected chi connectivity index (χ1v) is 5.58. The van der Waals surface area contributed by atoms with E-state index in [0.29, 0.717) is 11.6 Å². The zero-order valence-corrected chi connectivity index (χ0v) is 9.64. The van der Waals surface area contributed by atoms with Gasteiger partial charge in [0.1, 0.15) is 6.04 Å². The Morgan fingerprint density at radius 2 is 2.12 bits per heavy atom. The van der Waals surface area contributed by atoms with Crippen LogP contribution in [0.4, 0.5) is 0 Å². The van der Waals surface area contributed by atoms with Crippen molar-refractivity contribution < 1.29 is 9.53 Å². The van der Waals surface area contributed by atoms with E-state index in [9.17, 15) is 4.79 Å². The molecule has 17 heavy (non-hydrogen) atoms. The Labute approximate surface area is 100 Å². The normalized spacial score (nSPS) is 16.0. The molecule has 0 bridgehead atoms. The second-order valence-electron chi connectivity index (χ2n) is 4.12. The highest BCUT2D eigenvalue weighted by atomic mass is 16.5. The van der Waals surface area contributed by atoms with Crippen molar-refractivity contribution in [1.82, 2.24) is 5.32 Å². The van der Waals surface area contributed by atoms with Crippen LogP contribution in [0.2, 0.25) is 0 Å². The Bertz CT molecular complexity index is 443. The van der Waals surface area contributed by atoms with Crippen LogP contribution in [-0.4, -0.2) is 19.1 Å². The summed E-state index contributed by atoms with van der Waals surface area (Å²) in [5.74, 6) is -0.361. The highest BCUT2D eigenvalue weighted by molar-refractivity contribution is 5.89. The Balaban J connectivity index is 2.10. The number of carbonyl (C=O) groups is 1. The van der Waals surface area contributed by atoms with Gasteiger partial charge in [-0.05, 0) is 30.5 Å². The first-order valence-electron chi connectivity index (χ1n) is 5.58. The van der Waals surface area contributed by atoms with Gasteiger partial charge in [-0.15, -0.1) is 0 Å². The number of carbonyl (C=O) groups excluding carboxylic acids is 1. The summed E-state index contributed by atoms with van der Waals surface area (Å²) in [5.41, 5.74) is 1.38. The largest absolute Gasteiger partial charge is 0.465 e. The zero-order chi connectivity index (χ0) is 12.3. The average molecular weight is 230 g/mol. The Hall–Kier alpha value is -1.86. The van der Waals surface area contributed by atoms with E-state index in [2.05, 4.69) is 16.1 Å². The number of methoxy groups -OCH3 is 1. The molecule has 1 aliphatic carbocycles. The van der Waals surface area contributed by atoms with E-state index in [0.717, 1.165) is 18.4 Å². The summed E-state index contributed by atoms with van der Waals surface area (Å²) >= 11 is 0. The number of nitriles is 1. The van der Waals surface area contributed by atoms with Crippen molar-refractivity contribution in [3.05, 3.63) is 35.4 Å². The summed E-state index contributed by atoms with van der Waals surface area (Å²) in [6, 6.07) is 9.34. The molecule has 1 aromatic carbocycles. The predicted octanol–water partition coefficient (Wildman–Crippen LogP) is 1.79. The van der Waals surface area contributed by atoms with E-state index in [-0.39, 0.29) is 12.0 Å². The molecule has 0 aromatic heterocycles. The Morgan fingerprint density at radius 1 is 1.47 bits per heavy atom. The molecule has 1 saturated carbocycles. The molecule has 0 spiro atoms. The molecule has 4 nitrogen and oxygen atoms in total. The molecule has 0 radical (unpaired) electrons. The average Bonchev–Trinajstić information content (AvgIpc) is 3.19. The highest BCUT2D eigenvalue weighted by Crippen LogP contribution is 2.24. The molecule has 1 unspecified atom stereocenters. The molecule has 0 aliphatic heterocycles. The van der Waals surface area contributed by atoms with Gasteiger partial charge in [-0.2, -0.15) is 5.26 Å². The third kappa shape index (κ3) is 2.83. The molecule has 0 saturated heterocycles. The molecule has 1 atom stereocenters. The Morgan fingerprint density at radius 3 is 2.59 bits per heavy atom. The first-order chi connectivity index (χ1) is 8.24. The monoisotopic (exact) mass is 230 g/mol. The van der Waals surface area contributed by atoms with Crippen LogP contribution < -0.4 is 5.32 Å². The maximum absolute atomic E-state index is 11.2. The smallest absolute Gasteiger partial charge is 0.337 e. The minimum atomic E-state index is -0.361. The van der Waals surface area contributed by atoms with Crippen molar-refractivity contribution in [2.45, 2.75) is 24.9 Å². The number of nitrogens with zero attached hydrogens (tertiary/aromatic N) is 1. The van der Waals surface area contributed by atoms with Crippen LogP contribution in [0.15, 0.2) is 24.3 Å². The highest BCUT2D eigenvalue weighted by Gasteiger charge is 2.25. The van der Waals surface area contributed by atoms with Gasteiger partial charge >= 0.3 is 5.97 Å². The van der Waals surface area contributed by atoms with Gasteiger partial charge in [0.15, 0.2) is 0 Å². The maximum atomic E-state index is 11.2. The quantitative estimate of drug-likeness (QED) is 0.801. The lowest BCUT2D eigenvalue weighted by Gasteiger charge is -2.11. The fourth-order valence-corrected chi connectivity index (χ4v) is 1.62. The lowest BCUT2D eigenvalue weighted by molar-refractivity contribution is 0.0600. The van der Waals surface area contributed by atoms with E-state index in [4.69, 9.17) is 5.26 Å². The van der Waals surface area contributed by atoms with Gasteiger partial charge in [0.05, 0.1) is 18.7 Å². The van der Waals surface area contributed by atoms with Crippen molar-refractivity contribution >= 4 is 5.97 Å². The van der Waals surface area contributed by atoms with E-state index < -0.39 is 0 Å². The van der Waals surface area contributed by atoms with Crippen LogP contribution in [0.1, 0.15) is 34.8 Å². The van der Waals surface area contributed by atoms with Gasteiger partial charge in [0.25, 0.3) is 0 Å². The van der Waals surface area contributed by atoms with Gasteiger partial charge in [-0.1, -0.05) is 12.1 Å². The fraction of sp³-hybridized carbons (Fsp3) is 0.385. The first kappa shape index (κ1) is 11.6. The molecule has 1 fully saturated rings. The van der Waals surface area contributed by atoms with Gasteiger partial charge < -0.3 is 4.74 Å². The van der Waals surface area contributed by atoms with Gasteiger partial charge in [-0.3, -0.25) is 5.32 Å². The van der Waals surface area contributed by atoms with Crippen LogP contribution in [-0.2, 0) is 4.74 Å². The molecule has 1 aromatic rings. The van der Waals surface area contributed by atoms with Crippen molar-refractivity contribution in [1.29, 1.82) is 5.26 Å². The van der Waals surface area contributed by atoms with E-state index >= 15 is 0 Å². The minimum Gasteiger partial charge on any atom is -0.465 e. The van der Waals surface area contributed by atoms with Crippen LogP contribution in [0.25, 0.3) is 0 Å². The number of hydrogen-bond donors (Lipinski definition) is 1. The van der Waals surface area contributed by atoms with Crippen LogP contribution in [0.5, 0.6) is 0 Å². The number of nitrogens with one attached hydrogen (secondary N) is 1. The predicted molar refractivity (Wildman–Crippen MR) is 62.3 cm³/mol. The third-order valence-corrected chi connectivity index (χ3v) is 2.77. The van der Waals surface area contributed by atoms with Crippen molar-refractivity contribution in [2.75, 3.05) is 7.11 Å². The second kappa shape index (κ2) is 4.98. The number of rotatable bonds is 4. The summed E-state index contributed by atoms with van der Waals surface area (Å²) in [7, 11) is 1.35. The molecular formula is C13H14N2O2. The standard InChI is InChI=1S/C13H14N2O2/c1-17-13(16)10-4-2-9(3-5-10)12(8-14)15-11-6-7-11/h2-5,11-12,15H,6-7H2,1H3. The second-order valence-corrected chi connectivity index (χ2v) is 4.12. The van der Waals surface area contributed by atoms with Gasteiger partial charge in [0, 0.05) is 6.04 Å². The number of benzene rings is 1. The van der Waals surface area contributed by atoms with Crippen LogP contribution in [0.3, 0.4) is 0 Å². The van der Waals surface area contributed by atoms with E-state index in [1.807, 2.05) is 0 Å². The number of hydrogen-bond acceptors (Lipinski definition) is 4. The molecule has 2 rings (SSSR count).